The zero-order valence-corrected chi connectivity index (χ0v) is 8.89. The van der Waals surface area contributed by atoms with Gasteiger partial charge in [-0.25, -0.2) is 9.78 Å². The van der Waals surface area contributed by atoms with Gasteiger partial charge in [0.25, 0.3) is 0 Å². The van der Waals surface area contributed by atoms with E-state index in [-0.39, 0.29) is 0 Å². The monoisotopic (exact) mass is 213 g/mol. The Hall–Kier alpha value is -1.36. The van der Waals surface area contributed by atoms with E-state index in [9.17, 15) is 4.79 Å². The van der Waals surface area contributed by atoms with E-state index in [4.69, 9.17) is 4.74 Å². The number of esters is 1. The molecule has 0 aliphatic carbocycles. The third kappa shape index (κ3) is 2.32. The lowest BCUT2D eigenvalue weighted by Crippen LogP contribution is -1.98. The Morgan fingerprint density at radius 3 is 3.00 bits per heavy atom. The predicted molar refractivity (Wildman–Crippen MR) is 54.1 cm³/mol. The van der Waals surface area contributed by atoms with Gasteiger partial charge in [-0.05, 0) is 6.92 Å². The Morgan fingerprint density at radius 2 is 2.43 bits per heavy atom. The molecule has 0 bridgehead atoms. The van der Waals surface area contributed by atoms with E-state index in [0.717, 1.165) is 4.88 Å². The van der Waals surface area contributed by atoms with Gasteiger partial charge in [0, 0.05) is 6.20 Å². The average molecular weight is 213 g/mol. The molecule has 0 spiro atoms. The molecule has 5 heteroatoms. The molecular weight excluding hydrogens is 202 g/mol. The van der Waals surface area contributed by atoms with Gasteiger partial charge in [0.15, 0.2) is 0 Å². The number of aromatic nitrogens is 1. The van der Waals surface area contributed by atoms with E-state index < -0.39 is 5.97 Å². The highest BCUT2D eigenvalue weighted by Crippen LogP contribution is 2.21. The molecule has 0 fully saturated rings. The van der Waals surface area contributed by atoms with Crippen molar-refractivity contribution in [3.05, 3.63) is 22.7 Å². The van der Waals surface area contributed by atoms with E-state index >= 15 is 0 Å². The van der Waals surface area contributed by atoms with E-state index in [1.54, 1.807) is 6.20 Å². The summed E-state index contributed by atoms with van der Waals surface area (Å²) in [5, 5.41) is 0.309. The fraction of sp³-hybridized carbons (Fsp3) is 0.333. The minimum absolute atomic E-state index is 0.309. The van der Waals surface area contributed by atoms with Crippen molar-refractivity contribution in [2.24, 2.45) is 0 Å². The highest BCUT2D eigenvalue weighted by molar-refractivity contribution is 7.14. The first-order valence-electron chi connectivity index (χ1n) is 4.05. The molecular formula is C9H11NO3S. The molecule has 0 saturated heterocycles. The summed E-state index contributed by atoms with van der Waals surface area (Å²) in [7, 11) is 1.32. The number of hydrogen-bond donors (Lipinski definition) is 0. The summed E-state index contributed by atoms with van der Waals surface area (Å²) in [6.45, 7) is 6.12. The van der Waals surface area contributed by atoms with E-state index in [2.05, 4.69) is 16.3 Å². The Bertz CT molecular complexity index is 346. The van der Waals surface area contributed by atoms with Gasteiger partial charge in [0.2, 0.25) is 5.01 Å². The fourth-order valence-corrected chi connectivity index (χ4v) is 1.59. The molecule has 1 aromatic rings. The second-order valence-electron chi connectivity index (χ2n) is 2.38. The Balaban J connectivity index is 2.77. The van der Waals surface area contributed by atoms with Gasteiger partial charge >= 0.3 is 5.97 Å². The fourth-order valence-electron chi connectivity index (χ4n) is 0.830. The van der Waals surface area contributed by atoms with Gasteiger partial charge in [-0.2, -0.15) is 0 Å². The van der Waals surface area contributed by atoms with Crippen LogP contribution in [0.4, 0.5) is 0 Å². The maximum absolute atomic E-state index is 11.1. The highest BCUT2D eigenvalue weighted by Gasteiger charge is 2.12. The smallest absolute Gasteiger partial charge is 0.367 e. The molecule has 1 rings (SSSR count). The van der Waals surface area contributed by atoms with Crippen LogP contribution in [-0.2, 0) is 9.47 Å². The SMILES string of the molecule is C=C(OCC)c1cnc(C(=O)OC)s1. The van der Waals surface area contributed by atoms with Crippen molar-refractivity contribution in [1.82, 2.24) is 4.98 Å². The molecule has 1 heterocycles. The highest BCUT2D eigenvalue weighted by atomic mass is 32.1. The molecule has 0 saturated carbocycles. The Kier molecular flexibility index (Phi) is 3.64. The zero-order valence-electron chi connectivity index (χ0n) is 8.07. The van der Waals surface area contributed by atoms with Crippen LogP contribution in [0.1, 0.15) is 21.6 Å². The van der Waals surface area contributed by atoms with Gasteiger partial charge in [0.05, 0.1) is 18.6 Å². The molecule has 0 unspecified atom stereocenters. The largest absolute Gasteiger partial charge is 0.493 e. The van der Waals surface area contributed by atoms with Crippen molar-refractivity contribution < 1.29 is 14.3 Å². The molecule has 1 aromatic heterocycles. The van der Waals surface area contributed by atoms with Crippen LogP contribution < -0.4 is 0 Å². The second-order valence-corrected chi connectivity index (χ2v) is 3.41. The Labute approximate surface area is 86.2 Å². The van der Waals surface area contributed by atoms with Gasteiger partial charge in [-0.3, -0.25) is 0 Å². The normalized spacial score (nSPS) is 9.57. The third-order valence-corrected chi connectivity index (χ3v) is 2.48. The summed E-state index contributed by atoms with van der Waals surface area (Å²) < 4.78 is 9.71. The number of thiazole rings is 1. The molecule has 0 aliphatic rings. The maximum atomic E-state index is 11.1. The standard InChI is InChI=1S/C9H11NO3S/c1-4-13-6(2)7-5-10-8(14-7)9(11)12-3/h5H,2,4H2,1,3H3. The number of methoxy groups -OCH3 is 1. The van der Waals surface area contributed by atoms with Crippen LogP contribution in [0.3, 0.4) is 0 Å². The number of hydrogen-bond acceptors (Lipinski definition) is 5. The number of rotatable bonds is 4. The zero-order chi connectivity index (χ0) is 10.6. The molecule has 4 nitrogen and oxygen atoms in total. The number of ether oxygens (including phenoxy) is 2. The number of nitrogens with zero attached hydrogens (tertiary/aromatic N) is 1. The summed E-state index contributed by atoms with van der Waals surface area (Å²) >= 11 is 1.20. The Morgan fingerprint density at radius 1 is 1.71 bits per heavy atom. The molecule has 0 amide bonds. The van der Waals surface area contributed by atoms with Crippen LogP contribution in [0, 0.1) is 0 Å². The molecule has 0 atom stereocenters. The summed E-state index contributed by atoms with van der Waals surface area (Å²) in [4.78, 5) is 15.7. The first-order valence-corrected chi connectivity index (χ1v) is 4.87. The van der Waals surface area contributed by atoms with Crippen molar-refractivity contribution in [2.75, 3.05) is 13.7 Å². The second kappa shape index (κ2) is 4.76. The van der Waals surface area contributed by atoms with Crippen LogP contribution in [0.5, 0.6) is 0 Å². The maximum Gasteiger partial charge on any atom is 0.367 e. The first-order chi connectivity index (χ1) is 6.69. The first kappa shape index (κ1) is 10.7. The van der Waals surface area contributed by atoms with Crippen molar-refractivity contribution in [3.8, 4) is 0 Å². The number of carbonyl (C=O) groups excluding carboxylic acids is 1. The minimum Gasteiger partial charge on any atom is -0.493 e. The van der Waals surface area contributed by atoms with Crippen molar-refractivity contribution in [1.29, 1.82) is 0 Å². The van der Waals surface area contributed by atoms with Crippen molar-refractivity contribution in [3.63, 3.8) is 0 Å². The van der Waals surface area contributed by atoms with Gasteiger partial charge < -0.3 is 9.47 Å². The third-order valence-electron chi connectivity index (χ3n) is 1.46. The molecule has 0 aliphatic heterocycles. The quantitative estimate of drug-likeness (QED) is 0.566. The molecule has 14 heavy (non-hydrogen) atoms. The van der Waals surface area contributed by atoms with Crippen LogP contribution >= 0.6 is 11.3 Å². The lowest BCUT2D eigenvalue weighted by atomic mass is 10.5. The van der Waals surface area contributed by atoms with Gasteiger partial charge in [0.1, 0.15) is 5.76 Å². The van der Waals surface area contributed by atoms with Crippen LogP contribution in [-0.4, -0.2) is 24.7 Å². The van der Waals surface area contributed by atoms with E-state index in [0.29, 0.717) is 17.4 Å². The van der Waals surface area contributed by atoms with E-state index in [1.807, 2.05) is 6.92 Å². The summed E-state index contributed by atoms with van der Waals surface area (Å²) in [6, 6.07) is 0. The van der Waals surface area contributed by atoms with Crippen LogP contribution in [0.2, 0.25) is 0 Å². The van der Waals surface area contributed by atoms with Crippen LogP contribution in [0.25, 0.3) is 5.76 Å². The average Bonchev–Trinajstić information content (AvgIpc) is 2.66. The molecule has 0 aromatic carbocycles. The van der Waals surface area contributed by atoms with Gasteiger partial charge in [-0.1, -0.05) is 6.58 Å². The molecule has 0 N–H and O–H groups in total. The topological polar surface area (TPSA) is 48.4 Å². The summed E-state index contributed by atoms with van der Waals surface area (Å²) in [5.41, 5.74) is 0. The van der Waals surface area contributed by atoms with Crippen molar-refractivity contribution >= 4 is 23.1 Å². The lowest BCUT2D eigenvalue weighted by Gasteiger charge is -2.01. The van der Waals surface area contributed by atoms with Crippen LogP contribution in [0.15, 0.2) is 12.8 Å². The summed E-state index contributed by atoms with van der Waals surface area (Å²) in [6.07, 6.45) is 1.55. The predicted octanol–water partition coefficient (Wildman–Crippen LogP) is 1.94. The molecule has 0 radical (unpaired) electrons. The minimum atomic E-state index is -0.439. The van der Waals surface area contributed by atoms with Crippen molar-refractivity contribution in [2.45, 2.75) is 6.92 Å². The molecule has 76 valence electrons. The number of carbonyl (C=O) groups is 1. The van der Waals surface area contributed by atoms with Gasteiger partial charge in [-0.15, -0.1) is 11.3 Å². The lowest BCUT2D eigenvalue weighted by molar-refractivity contribution is 0.0600. The van der Waals surface area contributed by atoms with E-state index in [1.165, 1.54) is 18.4 Å². The summed E-state index contributed by atoms with van der Waals surface area (Å²) in [5.74, 6) is 0.0886.